The summed E-state index contributed by atoms with van der Waals surface area (Å²) in [5, 5.41) is 4.46. The monoisotopic (exact) mass is 1970 g/mol. The van der Waals surface area contributed by atoms with Gasteiger partial charge in [-0.25, -0.2) is 0 Å². The molecule has 4 aromatic rings. The Morgan fingerprint density at radius 3 is 1.33 bits per heavy atom. The van der Waals surface area contributed by atoms with Gasteiger partial charge in [0, 0.05) is 99.7 Å². The van der Waals surface area contributed by atoms with Crippen LogP contribution in [-0.4, -0.2) is 95.4 Å². The number of hydrogen-bond acceptors (Lipinski definition) is 9. The minimum absolute atomic E-state index is 0. The maximum atomic E-state index is 11.6. The van der Waals surface area contributed by atoms with E-state index in [1.165, 1.54) is 22.3 Å². The molecular weight excluding hydrogens is 1910 g/mol. The van der Waals surface area contributed by atoms with Crippen LogP contribution < -0.4 is 0 Å². The van der Waals surface area contributed by atoms with E-state index in [4.69, 9.17) is 18.9 Å². The molecule has 4 aromatic carbocycles. The molecule has 1 radical (unpaired) electrons. The zero-order valence-electron chi connectivity index (χ0n) is 39.3. The van der Waals surface area contributed by atoms with E-state index in [0.29, 0.717) is 54.0 Å². The van der Waals surface area contributed by atoms with Crippen molar-refractivity contribution in [2.45, 2.75) is 79.3 Å². The Morgan fingerprint density at radius 2 is 1.09 bits per heavy atom. The van der Waals surface area contributed by atoms with Crippen LogP contribution in [0.5, 0.6) is 0 Å². The summed E-state index contributed by atoms with van der Waals surface area (Å²) in [5.74, 6) is 0.318. The first-order valence-electron chi connectivity index (χ1n) is 20.9. The van der Waals surface area contributed by atoms with Crippen LogP contribution in [0.15, 0.2) is 121 Å². The van der Waals surface area contributed by atoms with E-state index >= 15 is 0 Å². The van der Waals surface area contributed by atoms with Crippen molar-refractivity contribution in [2.75, 3.05) is 52.7 Å². The van der Waals surface area contributed by atoms with E-state index < -0.39 is 21.6 Å². The quantitative estimate of drug-likeness (QED) is 0.0582. The van der Waals surface area contributed by atoms with Crippen LogP contribution >= 0.6 is 187 Å². The van der Waals surface area contributed by atoms with Crippen LogP contribution in [-0.2, 0) is 103 Å². The van der Waals surface area contributed by atoms with Gasteiger partial charge < -0.3 is 18.9 Å². The second-order valence-electron chi connectivity index (χ2n) is 14.5. The molecule has 70 heavy (non-hydrogen) atoms. The van der Waals surface area contributed by atoms with Crippen molar-refractivity contribution in [3.63, 3.8) is 0 Å². The molecule has 1 aliphatic heterocycles. The number of epoxide rings is 1. The Hall–Kier alpha value is 4.71. The van der Waals surface area contributed by atoms with Gasteiger partial charge in [0.2, 0.25) is 0 Å². The molecule has 1 heterocycles. The minimum Gasteiger partial charge on any atom is 0 e. The van der Waals surface area contributed by atoms with Crippen molar-refractivity contribution in [1.29, 1.82) is 0 Å². The summed E-state index contributed by atoms with van der Waals surface area (Å²) in [6, 6.07) is 40.7. The van der Waals surface area contributed by atoms with Gasteiger partial charge >= 0.3 is 114 Å². The van der Waals surface area contributed by atoms with E-state index in [-0.39, 0.29) is 45.9 Å². The number of Topliss-reactive ketones (excluding diaryl/α,β-unsaturated/α-hetero) is 1. The first kappa shape index (κ1) is 76.8. The summed E-state index contributed by atoms with van der Waals surface area (Å²) >= 11 is 28.8. The maximum Gasteiger partial charge on any atom is 0 e. The molecule has 0 aromatic heterocycles. The zero-order chi connectivity index (χ0) is 51.7. The van der Waals surface area contributed by atoms with E-state index in [0.717, 1.165) is 45.9 Å². The number of ether oxygens (including phenoxy) is 4. The molecule has 7 nitrogen and oxygen atoms in total. The Morgan fingerprint density at radius 1 is 0.714 bits per heavy atom. The van der Waals surface area contributed by atoms with Crippen LogP contribution in [0.1, 0.15) is 47.9 Å². The van der Waals surface area contributed by atoms with Crippen LogP contribution in [0.25, 0.3) is 0 Å². The fourth-order valence-electron chi connectivity index (χ4n) is 5.22. The molecule has 0 spiro atoms. The third-order valence-corrected chi connectivity index (χ3v) is 17.8. The van der Waals surface area contributed by atoms with Crippen molar-refractivity contribution in [3.8, 4) is 0 Å². The van der Waals surface area contributed by atoms with Gasteiger partial charge in [0.1, 0.15) is 5.78 Å². The summed E-state index contributed by atoms with van der Waals surface area (Å²) < 4.78 is 43.5. The van der Waals surface area contributed by atoms with Crippen molar-refractivity contribution >= 4 is 215 Å². The van der Waals surface area contributed by atoms with Crippen molar-refractivity contribution in [2.24, 2.45) is 0 Å². The molecule has 3 fully saturated rings. The summed E-state index contributed by atoms with van der Waals surface area (Å²) in [6.07, 6.45) is 11.7. The average Bonchev–Trinajstić information content (AvgIpc) is 4.18. The molecule has 23 heteroatoms. The van der Waals surface area contributed by atoms with Crippen molar-refractivity contribution < 1.29 is 65.1 Å². The topological polar surface area (TPSA) is 91.4 Å². The molecule has 1 saturated heterocycles. The predicted octanol–water partition coefficient (Wildman–Crippen LogP) is 16.6. The fourth-order valence-corrected chi connectivity index (χ4v) is 11.2. The van der Waals surface area contributed by atoms with E-state index in [1.807, 2.05) is 97.4 Å². The molecule has 0 amide bonds. The van der Waals surface area contributed by atoms with Crippen LogP contribution in [0.4, 0.5) is 0 Å². The molecule has 2 aliphatic carbocycles. The third kappa shape index (κ3) is 43.5. The Labute approximate surface area is 545 Å². The minimum atomic E-state index is -0.768. The number of alkyl halides is 4. The number of ketones is 1. The number of rotatable bonds is 17. The molecular formula is C47H62Br4I5O7S4V3. The van der Waals surface area contributed by atoms with Gasteiger partial charge in [-0.3, -0.25) is 13.2 Å². The maximum absolute atomic E-state index is 11.6. The van der Waals surface area contributed by atoms with Gasteiger partial charge in [0.15, 0.2) is 0 Å². The van der Waals surface area contributed by atoms with E-state index in [9.17, 15) is 13.2 Å². The summed E-state index contributed by atoms with van der Waals surface area (Å²) in [5.41, 5.74) is 4.91. The van der Waals surface area contributed by atoms with Gasteiger partial charge in [0.05, 0.1) is 60.0 Å². The predicted molar refractivity (Wildman–Crippen MR) is 352 cm³/mol. The first-order chi connectivity index (χ1) is 33.1. The van der Waals surface area contributed by atoms with Crippen molar-refractivity contribution in [3.05, 3.63) is 144 Å². The summed E-state index contributed by atoms with van der Waals surface area (Å²) in [6.45, 7) is 2.93. The Balaban J connectivity index is 0. The van der Waals surface area contributed by atoms with Crippen LogP contribution in [0.2, 0.25) is 0 Å². The van der Waals surface area contributed by atoms with Crippen molar-refractivity contribution in [1.82, 2.24) is 0 Å². The first-order valence-corrected chi connectivity index (χ1v) is 53.8. The second kappa shape index (κ2) is 51.8. The largest absolute Gasteiger partial charge is 0 e. The number of halogens is 9. The van der Waals surface area contributed by atoms with Gasteiger partial charge in [-0.2, -0.15) is 11.8 Å². The number of hydrogen-bond donors (Lipinski definition) is 0. The zero-order valence-corrected chi connectivity index (χ0v) is 63.9. The summed E-state index contributed by atoms with van der Waals surface area (Å²) in [4.78, 5) is 10.4. The molecule has 7 rings (SSSR count). The Bertz CT molecular complexity index is 1850. The number of benzene rings is 4. The fraction of sp³-hybridized carbons (Fsp3) is 0.468. The van der Waals surface area contributed by atoms with Gasteiger partial charge in [-0.15, -0.1) is 11.8 Å². The molecule has 0 bridgehead atoms. The molecule has 3 atom stereocenters. The van der Waals surface area contributed by atoms with E-state index in [1.54, 1.807) is 36.0 Å². The second-order valence-corrected chi connectivity index (χ2v) is 69.9. The van der Waals surface area contributed by atoms with Crippen LogP contribution in [0, 0.1) is 0 Å². The van der Waals surface area contributed by atoms with E-state index in [2.05, 4.69) is 200 Å². The number of thioether (sulfide) groups is 2. The smallest absolute Gasteiger partial charge is 0 e. The molecule has 2 saturated carbocycles. The van der Waals surface area contributed by atoms with Gasteiger partial charge in [-0.05, 0) is 34.8 Å². The number of carbonyl (C=O) groups excluding carboxylic acids is 1. The summed E-state index contributed by atoms with van der Waals surface area (Å²) in [7, 11) is -0.743. The third-order valence-electron chi connectivity index (χ3n) is 9.07. The Kier molecular flexibility index (Phi) is 56.9. The molecule has 394 valence electrons. The van der Waals surface area contributed by atoms with Crippen LogP contribution in [0.3, 0.4) is 0 Å². The average molecular weight is 1970 g/mol. The van der Waals surface area contributed by atoms with Gasteiger partial charge in [0.25, 0.3) is 0 Å². The SMILES string of the molecule is BrCC(CBr)OCc1ccccc1.BrCC1CO1.BrCc1ccccc1.CSC1(S(C)=O)CC(OCc2ccccc2)C1.CSCS(C)=O.O=C1CC(OCc2ccccc2)C1.[I][V]([I])[I].[I][V][I].[V]. The van der Waals surface area contributed by atoms with Gasteiger partial charge in [-0.1, -0.05) is 185 Å². The molecule has 0 N–H and O–H groups in total. The molecule has 3 aliphatic rings. The number of carbonyl (C=O) groups is 1. The standard InChI is InChI=1S/C13H18O2S2.C11H12O2.C10H12Br2O.C7H7Br.C3H5BrO.C3H8OS2.5HI.3V/c1-16-13(17(2)14)8-12(9-13)15-10-11-6-4-3-5-7-11;12-10-6-11(7-10)13-8-9-4-2-1-3-5-9;11-6-10(7-12)13-8-9-4-2-1-3-5-9;8-6-7-4-2-1-3-5-7;4-1-3-2-5-3;1-5-3-6(2)4;;;;;;;;/h3-7,12H,8-10H2,1-2H3;1-5,11H,6-8H2;1-5,10H,6-8H2;1-5H,6H2;3H,1-2H2;3H2,1-2H3;5*1H;;;/q;;;;;;;;;;;;+2;+3/p-5. The molecule has 3 unspecified atom stereocenters. The normalized spacial score (nSPS) is 17.8.